The monoisotopic (exact) mass is 249 g/mol. The van der Waals surface area contributed by atoms with E-state index in [9.17, 15) is 9.90 Å². The van der Waals surface area contributed by atoms with Crippen LogP contribution in [0, 0.1) is 0 Å². The Morgan fingerprint density at radius 1 is 1.50 bits per heavy atom. The molecule has 1 amide bonds. The molecule has 0 aliphatic rings. The molecule has 0 aromatic heterocycles. The summed E-state index contributed by atoms with van der Waals surface area (Å²) >= 11 is 0. The van der Waals surface area contributed by atoms with Gasteiger partial charge in [0.05, 0.1) is 12.7 Å². The Labute approximate surface area is 107 Å². The maximum Gasteiger partial charge on any atom is 0.247 e. The van der Waals surface area contributed by atoms with Crippen molar-refractivity contribution in [2.75, 3.05) is 18.5 Å². The van der Waals surface area contributed by atoms with Crippen LogP contribution in [-0.2, 0) is 16.0 Å². The quantitative estimate of drug-likeness (QED) is 0.724. The van der Waals surface area contributed by atoms with Gasteiger partial charge >= 0.3 is 0 Å². The van der Waals surface area contributed by atoms with Crippen molar-refractivity contribution in [1.82, 2.24) is 0 Å². The van der Waals surface area contributed by atoms with Crippen LogP contribution in [0.5, 0.6) is 0 Å². The zero-order valence-electron chi connectivity index (χ0n) is 10.6. The van der Waals surface area contributed by atoms with Gasteiger partial charge in [-0.1, -0.05) is 18.7 Å². The first kappa shape index (κ1) is 14.4. The van der Waals surface area contributed by atoms with E-state index in [2.05, 4.69) is 11.9 Å². The molecule has 18 heavy (non-hydrogen) atoms. The minimum absolute atomic E-state index is 0.237. The van der Waals surface area contributed by atoms with Crippen LogP contribution in [-0.4, -0.2) is 30.3 Å². The van der Waals surface area contributed by atoms with Crippen LogP contribution < -0.4 is 5.32 Å². The van der Waals surface area contributed by atoms with Gasteiger partial charge in [-0.3, -0.25) is 4.79 Å². The molecule has 98 valence electrons. The number of benzene rings is 1. The van der Waals surface area contributed by atoms with Gasteiger partial charge in [0.15, 0.2) is 0 Å². The van der Waals surface area contributed by atoms with E-state index in [1.54, 1.807) is 12.1 Å². The standard InChI is InChI=1S/C14H19NO3/c1-3-14(17)15-12-7-5-11(6-8-12)9-13(16)10-18-4-2/h3,5-8,13,16H,1,4,9-10H2,2H3,(H,15,17). The predicted octanol–water partition coefficient (Wildman–Crippen LogP) is 1.75. The molecule has 0 fully saturated rings. The summed E-state index contributed by atoms with van der Waals surface area (Å²) in [7, 11) is 0. The van der Waals surface area contributed by atoms with Crippen LogP contribution in [0.3, 0.4) is 0 Å². The molecule has 0 aliphatic carbocycles. The fraction of sp³-hybridized carbons (Fsp3) is 0.357. The third-order valence-electron chi connectivity index (χ3n) is 2.39. The average molecular weight is 249 g/mol. The summed E-state index contributed by atoms with van der Waals surface area (Å²) < 4.78 is 5.14. The molecule has 2 N–H and O–H groups in total. The fourth-order valence-corrected chi connectivity index (χ4v) is 1.50. The Hall–Kier alpha value is -1.65. The maximum atomic E-state index is 11.1. The van der Waals surface area contributed by atoms with E-state index in [0.29, 0.717) is 25.3 Å². The van der Waals surface area contributed by atoms with E-state index >= 15 is 0 Å². The third-order valence-corrected chi connectivity index (χ3v) is 2.39. The lowest BCUT2D eigenvalue weighted by atomic mass is 10.1. The number of ether oxygens (including phenoxy) is 1. The molecule has 0 radical (unpaired) electrons. The molecule has 4 nitrogen and oxygen atoms in total. The van der Waals surface area contributed by atoms with E-state index in [1.165, 1.54) is 6.08 Å². The molecule has 0 spiro atoms. The highest BCUT2D eigenvalue weighted by Crippen LogP contribution is 2.11. The highest BCUT2D eigenvalue weighted by atomic mass is 16.5. The van der Waals surface area contributed by atoms with Crippen molar-refractivity contribution in [3.8, 4) is 0 Å². The van der Waals surface area contributed by atoms with Gasteiger partial charge in [-0.25, -0.2) is 0 Å². The molecule has 1 aromatic rings. The first-order valence-electron chi connectivity index (χ1n) is 5.94. The largest absolute Gasteiger partial charge is 0.390 e. The molecule has 0 saturated carbocycles. The van der Waals surface area contributed by atoms with Gasteiger partial charge in [0.1, 0.15) is 0 Å². The van der Waals surface area contributed by atoms with Crippen molar-refractivity contribution in [3.63, 3.8) is 0 Å². The number of carbonyl (C=O) groups excluding carboxylic acids is 1. The normalized spacial score (nSPS) is 11.9. The number of amides is 1. The molecule has 1 aromatic carbocycles. The van der Waals surface area contributed by atoms with Gasteiger partial charge in [-0.05, 0) is 30.7 Å². The van der Waals surface area contributed by atoms with Crippen molar-refractivity contribution in [1.29, 1.82) is 0 Å². The van der Waals surface area contributed by atoms with Crippen LogP contribution in [0.15, 0.2) is 36.9 Å². The Balaban J connectivity index is 2.49. The smallest absolute Gasteiger partial charge is 0.247 e. The summed E-state index contributed by atoms with van der Waals surface area (Å²) in [6.07, 6.45) is 1.26. The minimum Gasteiger partial charge on any atom is -0.390 e. The molecule has 4 heteroatoms. The molecule has 1 unspecified atom stereocenters. The zero-order chi connectivity index (χ0) is 13.4. The van der Waals surface area contributed by atoms with Crippen LogP contribution in [0.2, 0.25) is 0 Å². The summed E-state index contributed by atoms with van der Waals surface area (Å²) in [4.78, 5) is 11.1. The number of hydrogen-bond donors (Lipinski definition) is 2. The number of hydrogen-bond acceptors (Lipinski definition) is 3. The summed E-state index contributed by atoms with van der Waals surface area (Å²) in [6.45, 7) is 6.22. The Bertz CT molecular complexity index is 387. The lowest BCUT2D eigenvalue weighted by Crippen LogP contribution is -2.18. The van der Waals surface area contributed by atoms with Crippen molar-refractivity contribution < 1.29 is 14.6 Å². The zero-order valence-corrected chi connectivity index (χ0v) is 10.6. The number of rotatable bonds is 7. The third kappa shape index (κ3) is 5.12. The predicted molar refractivity (Wildman–Crippen MR) is 71.5 cm³/mol. The van der Waals surface area contributed by atoms with E-state index in [0.717, 1.165) is 5.56 Å². The second-order valence-electron chi connectivity index (χ2n) is 3.91. The molecule has 0 heterocycles. The van der Waals surface area contributed by atoms with E-state index in [-0.39, 0.29) is 5.91 Å². The van der Waals surface area contributed by atoms with Crippen molar-refractivity contribution in [2.24, 2.45) is 0 Å². The maximum absolute atomic E-state index is 11.1. The minimum atomic E-state index is -0.501. The number of aliphatic hydroxyl groups is 1. The van der Waals surface area contributed by atoms with E-state index in [1.807, 2.05) is 19.1 Å². The number of anilines is 1. The Kier molecular flexibility index (Phi) is 6.11. The lowest BCUT2D eigenvalue weighted by Gasteiger charge is -2.11. The summed E-state index contributed by atoms with van der Waals surface area (Å²) in [5.41, 5.74) is 1.71. The van der Waals surface area contributed by atoms with Crippen molar-refractivity contribution in [3.05, 3.63) is 42.5 Å². The number of aliphatic hydroxyl groups excluding tert-OH is 1. The molecular formula is C14H19NO3. The highest BCUT2D eigenvalue weighted by Gasteiger charge is 2.05. The Morgan fingerprint density at radius 3 is 2.72 bits per heavy atom. The first-order valence-corrected chi connectivity index (χ1v) is 5.94. The number of carbonyl (C=O) groups is 1. The summed E-state index contributed by atoms with van der Waals surface area (Å²) in [5.74, 6) is -0.237. The Morgan fingerprint density at radius 2 is 2.17 bits per heavy atom. The van der Waals surface area contributed by atoms with Gasteiger partial charge in [-0.15, -0.1) is 0 Å². The van der Waals surface area contributed by atoms with E-state index < -0.39 is 6.10 Å². The average Bonchev–Trinajstić information content (AvgIpc) is 2.38. The second kappa shape index (κ2) is 7.63. The van der Waals surface area contributed by atoms with Gasteiger partial charge in [0.2, 0.25) is 5.91 Å². The summed E-state index contributed by atoms with van der Waals surface area (Å²) in [5, 5.41) is 12.3. The van der Waals surface area contributed by atoms with Gasteiger partial charge < -0.3 is 15.2 Å². The summed E-state index contributed by atoms with van der Waals surface area (Å²) in [6, 6.07) is 7.33. The molecule has 1 rings (SSSR count). The molecule has 0 aliphatic heterocycles. The van der Waals surface area contributed by atoms with Crippen molar-refractivity contribution >= 4 is 11.6 Å². The molecule has 0 saturated heterocycles. The van der Waals surface area contributed by atoms with Gasteiger partial charge in [0, 0.05) is 18.7 Å². The molecule has 0 bridgehead atoms. The van der Waals surface area contributed by atoms with Crippen LogP contribution in [0.4, 0.5) is 5.69 Å². The number of nitrogens with one attached hydrogen (secondary N) is 1. The fourth-order valence-electron chi connectivity index (χ4n) is 1.50. The van der Waals surface area contributed by atoms with Crippen LogP contribution in [0.25, 0.3) is 0 Å². The molecule has 1 atom stereocenters. The first-order chi connectivity index (χ1) is 8.65. The SMILES string of the molecule is C=CC(=O)Nc1ccc(CC(O)COCC)cc1. The van der Waals surface area contributed by atoms with Crippen LogP contribution >= 0.6 is 0 Å². The van der Waals surface area contributed by atoms with Gasteiger partial charge in [-0.2, -0.15) is 0 Å². The second-order valence-corrected chi connectivity index (χ2v) is 3.91. The lowest BCUT2D eigenvalue weighted by molar-refractivity contribution is -0.111. The topological polar surface area (TPSA) is 58.6 Å². The molecular weight excluding hydrogens is 230 g/mol. The van der Waals surface area contributed by atoms with Gasteiger partial charge in [0.25, 0.3) is 0 Å². The van der Waals surface area contributed by atoms with Crippen molar-refractivity contribution in [2.45, 2.75) is 19.4 Å². The van der Waals surface area contributed by atoms with Crippen LogP contribution in [0.1, 0.15) is 12.5 Å². The highest BCUT2D eigenvalue weighted by molar-refractivity contribution is 5.98. The van der Waals surface area contributed by atoms with E-state index in [4.69, 9.17) is 4.74 Å².